The molecule has 0 aliphatic heterocycles. The van der Waals surface area contributed by atoms with Crippen LogP contribution in [0.4, 0.5) is 0 Å². The topological polar surface area (TPSA) is 70.0 Å². The normalized spacial score (nSPS) is 11.2. The van der Waals surface area contributed by atoms with Gasteiger partial charge >= 0.3 is 0 Å². The van der Waals surface area contributed by atoms with Gasteiger partial charge in [0.05, 0.1) is 16.5 Å². The number of aryl methyl sites for hydroxylation is 2. The van der Waals surface area contributed by atoms with E-state index in [-0.39, 0.29) is 0 Å². The van der Waals surface area contributed by atoms with E-state index in [4.69, 9.17) is 5.26 Å². The van der Waals surface area contributed by atoms with Gasteiger partial charge in [0.1, 0.15) is 0 Å². The second kappa shape index (κ2) is 8.34. The number of thioether (sulfide) groups is 1. The number of hydrogen-bond donors (Lipinski definition) is 1. The molecule has 0 fully saturated rings. The zero-order valence-electron chi connectivity index (χ0n) is 13.7. The molecular formula is C18H20N2O2S2. The zero-order valence-corrected chi connectivity index (χ0v) is 15.4. The average molecular weight is 361 g/mol. The van der Waals surface area contributed by atoms with Crippen LogP contribution in [-0.4, -0.2) is 20.7 Å². The van der Waals surface area contributed by atoms with Gasteiger partial charge in [0, 0.05) is 18.1 Å². The van der Waals surface area contributed by atoms with Crippen LogP contribution in [0.2, 0.25) is 0 Å². The van der Waals surface area contributed by atoms with Gasteiger partial charge in [0.25, 0.3) is 0 Å². The number of sulfonamides is 1. The fraction of sp³-hybridized carbons (Fsp3) is 0.278. The molecule has 0 atom stereocenters. The van der Waals surface area contributed by atoms with Crippen molar-refractivity contribution in [3.63, 3.8) is 0 Å². The molecule has 0 aliphatic rings. The number of hydrogen-bond acceptors (Lipinski definition) is 4. The van der Waals surface area contributed by atoms with Crippen molar-refractivity contribution in [2.75, 3.05) is 12.3 Å². The predicted molar refractivity (Wildman–Crippen MR) is 98.4 cm³/mol. The van der Waals surface area contributed by atoms with Crippen molar-refractivity contribution in [1.29, 1.82) is 5.26 Å². The summed E-state index contributed by atoms with van der Waals surface area (Å²) in [7, 11) is -3.48. The highest BCUT2D eigenvalue weighted by Gasteiger charge is 2.15. The van der Waals surface area contributed by atoms with E-state index < -0.39 is 10.0 Å². The summed E-state index contributed by atoms with van der Waals surface area (Å²) in [6.07, 6.45) is 0. The Morgan fingerprint density at radius 3 is 2.62 bits per heavy atom. The van der Waals surface area contributed by atoms with Crippen LogP contribution < -0.4 is 4.72 Å². The lowest BCUT2D eigenvalue weighted by Gasteiger charge is -2.10. The van der Waals surface area contributed by atoms with Crippen molar-refractivity contribution in [3.05, 3.63) is 64.7 Å². The summed E-state index contributed by atoms with van der Waals surface area (Å²) in [5, 5.41) is 9.05. The second-order valence-electron chi connectivity index (χ2n) is 5.49. The van der Waals surface area contributed by atoms with E-state index in [1.54, 1.807) is 36.9 Å². The molecule has 0 amide bonds. The predicted octanol–water partition coefficient (Wildman–Crippen LogP) is 3.39. The summed E-state index contributed by atoms with van der Waals surface area (Å²) in [6.45, 7) is 4.09. The highest BCUT2D eigenvalue weighted by molar-refractivity contribution is 7.98. The van der Waals surface area contributed by atoms with Crippen LogP contribution >= 0.6 is 11.8 Å². The third-order valence-corrected chi connectivity index (χ3v) is 6.18. The molecule has 0 saturated heterocycles. The van der Waals surface area contributed by atoms with Gasteiger partial charge in [-0.2, -0.15) is 17.0 Å². The Balaban J connectivity index is 1.86. The molecule has 0 unspecified atom stereocenters. The minimum atomic E-state index is -3.48. The Labute approximate surface area is 148 Å². The van der Waals surface area contributed by atoms with Gasteiger partial charge < -0.3 is 0 Å². The van der Waals surface area contributed by atoms with Gasteiger partial charge in [-0.3, -0.25) is 0 Å². The molecule has 0 heterocycles. The lowest BCUT2D eigenvalue weighted by molar-refractivity contribution is 0.583. The van der Waals surface area contributed by atoms with Gasteiger partial charge in [-0.05, 0) is 37.1 Å². The Kier molecular flexibility index (Phi) is 6.44. The summed E-state index contributed by atoms with van der Waals surface area (Å²) in [5.74, 6) is 1.33. The van der Waals surface area contributed by atoms with Crippen molar-refractivity contribution in [2.24, 2.45) is 0 Å². The van der Waals surface area contributed by atoms with Crippen LogP contribution in [0, 0.1) is 25.2 Å². The van der Waals surface area contributed by atoms with Crippen LogP contribution in [0.1, 0.15) is 22.3 Å². The molecule has 0 saturated carbocycles. The molecule has 1 N–H and O–H groups in total. The Morgan fingerprint density at radius 2 is 1.92 bits per heavy atom. The third kappa shape index (κ3) is 4.84. The van der Waals surface area contributed by atoms with E-state index in [0.29, 0.717) is 28.5 Å². The quantitative estimate of drug-likeness (QED) is 0.769. The van der Waals surface area contributed by atoms with Crippen molar-refractivity contribution >= 4 is 21.8 Å². The minimum absolute atomic E-state index is 0.327. The molecule has 126 valence electrons. The lowest BCUT2D eigenvalue weighted by Crippen LogP contribution is -2.26. The molecule has 0 aliphatic carbocycles. The maximum absolute atomic E-state index is 12.3. The molecule has 0 radical (unpaired) electrons. The maximum atomic E-state index is 12.3. The van der Waals surface area contributed by atoms with Crippen LogP contribution in [0.5, 0.6) is 0 Å². The smallest absolute Gasteiger partial charge is 0.210 e. The number of benzene rings is 2. The van der Waals surface area contributed by atoms with Gasteiger partial charge in [0.2, 0.25) is 10.0 Å². The first-order valence-electron chi connectivity index (χ1n) is 7.57. The molecule has 2 aromatic rings. The lowest BCUT2D eigenvalue weighted by atomic mass is 10.1. The van der Waals surface area contributed by atoms with Crippen molar-refractivity contribution in [1.82, 2.24) is 4.72 Å². The minimum Gasteiger partial charge on any atom is -0.210 e. The van der Waals surface area contributed by atoms with Crippen molar-refractivity contribution in [3.8, 4) is 6.07 Å². The summed E-state index contributed by atoms with van der Waals surface area (Å²) in [6, 6.07) is 14.9. The highest BCUT2D eigenvalue weighted by atomic mass is 32.2. The highest BCUT2D eigenvalue weighted by Crippen LogP contribution is 2.17. The van der Waals surface area contributed by atoms with E-state index in [9.17, 15) is 8.42 Å². The molecule has 6 heteroatoms. The summed E-state index contributed by atoms with van der Waals surface area (Å²) >= 11 is 1.60. The zero-order chi connectivity index (χ0) is 17.6. The first kappa shape index (κ1) is 18.5. The molecule has 24 heavy (non-hydrogen) atoms. The Morgan fingerprint density at radius 1 is 1.17 bits per heavy atom. The molecule has 0 bridgehead atoms. The summed E-state index contributed by atoms with van der Waals surface area (Å²) < 4.78 is 27.3. The molecular weight excluding hydrogens is 340 g/mol. The van der Waals surface area contributed by atoms with Crippen LogP contribution in [0.3, 0.4) is 0 Å². The number of nitriles is 1. The van der Waals surface area contributed by atoms with Gasteiger partial charge in [-0.25, -0.2) is 13.1 Å². The van der Waals surface area contributed by atoms with E-state index in [2.05, 4.69) is 10.8 Å². The fourth-order valence-corrected chi connectivity index (χ4v) is 4.61. The standard InChI is InChI=1S/C18H20N2O2S2/c1-14-7-8-18(15(2)11-14)24(21,22)20-9-10-23-13-17-6-4-3-5-16(17)12-19/h3-8,11,20H,9-10,13H2,1-2H3. The Bertz CT molecular complexity index is 856. The van der Waals surface area contributed by atoms with Crippen LogP contribution in [0.25, 0.3) is 0 Å². The van der Waals surface area contributed by atoms with E-state index in [1.807, 2.05) is 31.2 Å². The SMILES string of the molecule is Cc1ccc(S(=O)(=O)NCCSCc2ccccc2C#N)c(C)c1. The second-order valence-corrected chi connectivity index (χ2v) is 8.33. The monoisotopic (exact) mass is 360 g/mol. The summed E-state index contributed by atoms with van der Waals surface area (Å²) in [5.41, 5.74) is 3.43. The third-order valence-electron chi connectivity index (χ3n) is 3.55. The van der Waals surface area contributed by atoms with E-state index in [1.165, 1.54) is 0 Å². The summed E-state index contributed by atoms with van der Waals surface area (Å²) in [4.78, 5) is 0.327. The number of rotatable bonds is 7. The van der Waals surface area contributed by atoms with Crippen LogP contribution in [-0.2, 0) is 15.8 Å². The molecule has 2 aromatic carbocycles. The number of nitrogens with zero attached hydrogens (tertiary/aromatic N) is 1. The molecule has 0 aromatic heterocycles. The Hall–Kier alpha value is -1.81. The molecule has 4 nitrogen and oxygen atoms in total. The first-order chi connectivity index (χ1) is 11.4. The number of nitrogens with one attached hydrogen (secondary N) is 1. The van der Waals surface area contributed by atoms with E-state index in [0.717, 1.165) is 16.7 Å². The molecule has 2 rings (SSSR count). The van der Waals surface area contributed by atoms with Gasteiger partial charge in [0.15, 0.2) is 0 Å². The van der Waals surface area contributed by atoms with Gasteiger partial charge in [-0.15, -0.1) is 0 Å². The van der Waals surface area contributed by atoms with Crippen molar-refractivity contribution in [2.45, 2.75) is 24.5 Å². The largest absolute Gasteiger partial charge is 0.240 e. The van der Waals surface area contributed by atoms with E-state index >= 15 is 0 Å². The maximum Gasteiger partial charge on any atom is 0.240 e. The fourth-order valence-electron chi connectivity index (χ4n) is 2.36. The first-order valence-corrected chi connectivity index (χ1v) is 10.2. The molecule has 0 spiro atoms. The van der Waals surface area contributed by atoms with Crippen LogP contribution in [0.15, 0.2) is 47.4 Å². The van der Waals surface area contributed by atoms with Crippen molar-refractivity contribution < 1.29 is 8.42 Å². The van der Waals surface area contributed by atoms with Gasteiger partial charge in [-0.1, -0.05) is 35.9 Å². The average Bonchev–Trinajstić information content (AvgIpc) is 2.54.